The monoisotopic (exact) mass is 396 g/mol. The quantitative estimate of drug-likeness (QED) is 0.747. The maximum atomic E-state index is 12.7. The Hall–Kier alpha value is -2.25. The molecule has 0 saturated heterocycles. The summed E-state index contributed by atoms with van der Waals surface area (Å²) in [5.41, 5.74) is 0.580. The SMILES string of the molecule is CCOc1ccc(NS(=O)(=O)c2cc(C(=O)NC(C)C)ccc2Cl)cc1. The fourth-order valence-corrected chi connectivity index (χ4v) is 3.78. The number of amides is 1. The highest BCUT2D eigenvalue weighted by Crippen LogP contribution is 2.26. The molecule has 6 nitrogen and oxygen atoms in total. The zero-order valence-electron chi connectivity index (χ0n) is 14.7. The van der Waals surface area contributed by atoms with E-state index in [9.17, 15) is 13.2 Å². The first-order valence-corrected chi connectivity index (χ1v) is 9.95. The van der Waals surface area contributed by atoms with Crippen molar-refractivity contribution in [3.8, 4) is 5.75 Å². The van der Waals surface area contributed by atoms with E-state index in [-0.39, 0.29) is 27.4 Å². The Balaban J connectivity index is 2.28. The number of rotatable bonds is 7. The molecule has 0 aliphatic carbocycles. The third kappa shape index (κ3) is 5.12. The standard InChI is InChI=1S/C18H21ClN2O4S/c1-4-25-15-8-6-14(7-9-15)21-26(23,24)17-11-13(5-10-16(17)19)18(22)20-12(2)3/h5-12,21H,4H2,1-3H3,(H,20,22). The zero-order chi connectivity index (χ0) is 19.3. The molecule has 0 fully saturated rings. The van der Waals surface area contributed by atoms with Crippen molar-refractivity contribution >= 4 is 33.2 Å². The van der Waals surface area contributed by atoms with E-state index in [1.54, 1.807) is 24.3 Å². The molecule has 0 aliphatic rings. The molecule has 0 aliphatic heterocycles. The van der Waals surface area contributed by atoms with Crippen LogP contribution in [-0.2, 0) is 10.0 Å². The summed E-state index contributed by atoms with van der Waals surface area (Å²) in [5.74, 6) is 0.273. The van der Waals surface area contributed by atoms with Crippen LogP contribution >= 0.6 is 11.6 Å². The van der Waals surface area contributed by atoms with Gasteiger partial charge in [-0.15, -0.1) is 0 Å². The number of hydrogen-bond acceptors (Lipinski definition) is 4. The highest BCUT2D eigenvalue weighted by Gasteiger charge is 2.20. The molecule has 2 N–H and O–H groups in total. The Morgan fingerprint density at radius 3 is 2.38 bits per heavy atom. The summed E-state index contributed by atoms with van der Waals surface area (Å²) < 4.78 is 33.1. The van der Waals surface area contributed by atoms with Crippen molar-refractivity contribution in [2.24, 2.45) is 0 Å². The van der Waals surface area contributed by atoms with Crippen LogP contribution in [0.1, 0.15) is 31.1 Å². The van der Waals surface area contributed by atoms with Crippen molar-refractivity contribution in [2.75, 3.05) is 11.3 Å². The van der Waals surface area contributed by atoms with Gasteiger partial charge in [0.25, 0.3) is 15.9 Å². The maximum Gasteiger partial charge on any atom is 0.263 e. The molecule has 0 aromatic heterocycles. The molecule has 2 rings (SSSR count). The topological polar surface area (TPSA) is 84.5 Å². The normalized spacial score (nSPS) is 11.3. The van der Waals surface area contributed by atoms with Crippen LogP contribution in [0.15, 0.2) is 47.4 Å². The van der Waals surface area contributed by atoms with Crippen LogP contribution in [-0.4, -0.2) is 27.0 Å². The number of halogens is 1. The van der Waals surface area contributed by atoms with Crippen LogP contribution in [0.25, 0.3) is 0 Å². The second-order valence-corrected chi connectivity index (χ2v) is 7.89. The predicted molar refractivity (Wildman–Crippen MR) is 102 cm³/mol. The number of sulfonamides is 1. The van der Waals surface area contributed by atoms with Crippen molar-refractivity contribution in [1.29, 1.82) is 0 Å². The third-order valence-corrected chi connectivity index (χ3v) is 5.18. The molecule has 8 heteroatoms. The van der Waals surface area contributed by atoms with Gasteiger partial charge in [-0.05, 0) is 63.2 Å². The lowest BCUT2D eigenvalue weighted by molar-refractivity contribution is 0.0943. The molecular weight excluding hydrogens is 376 g/mol. The fraction of sp³-hybridized carbons (Fsp3) is 0.278. The smallest absolute Gasteiger partial charge is 0.263 e. The van der Waals surface area contributed by atoms with E-state index >= 15 is 0 Å². The van der Waals surface area contributed by atoms with Crippen LogP contribution < -0.4 is 14.8 Å². The van der Waals surface area contributed by atoms with Crippen LogP contribution in [0.2, 0.25) is 5.02 Å². The molecule has 140 valence electrons. The van der Waals surface area contributed by atoms with Gasteiger partial charge in [0.05, 0.1) is 11.6 Å². The van der Waals surface area contributed by atoms with E-state index in [4.69, 9.17) is 16.3 Å². The van der Waals surface area contributed by atoms with E-state index in [2.05, 4.69) is 10.0 Å². The van der Waals surface area contributed by atoms with Crippen LogP contribution in [0.5, 0.6) is 5.75 Å². The van der Waals surface area contributed by atoms with Crippen molar-refractivity contribution < 1.29 is 17.9 Å². The molecule has 1 amide bonds. The minimum Gasteiger partial charge on any atom is -0.494 e. The van der Waals surface area contributed by atoms with Crippen LogP contribution in [0.4, 0.5) is 5.69 Å². The van der Waals surface area contributed by atoms with Gasteiger partial charge in [-0.3, -0.25) is 9.52 Å². The largest absolute Gasteiger partial charge is 0.494 e. The first kappa shape index (κ1) is 20.1. The summed E-state index contributed by atoms with van der Waals surface area (Å²) in [5, 5.41) is 2.75. The van der Waals surface area contributed by atoms with Gasteiger partial charge in [-0.25, -0.2) is 8.42 Å². The van der Waals surface area contributed by atoms with Gasteiger partial charge >= 0.3 is 0 Å². The van der Waals surface area contributed by atoms with E-state index in [0.29, 0.717) is 18.0 Å². The number of hydrogen-bond donors (Lipinski definition) is 2. The minimum absolute atomic E-state index is 0.0320. The fourth-order valence-electron chi connectivity index (χ4n) is 2.19. The number of carbonyl (C=O) groups excluding carboxylic acids is 1. The second-order valence-electron chi connectivity index (χ2n) is 5.84. The van der Waals surface area contributed by atoms with Gasteiger partial charge < -0.3 is 10.1 Å². The molecule has 0 bridgehead atoms. The average Bonchev–Trinajstić information content (AvgIpc) is 2.56. The Labute approximate surface area is 158 Å². The lowest BCUT2D eigenvalue weighted by Crippen LogP contribution is -2.30. The number of nitrogens with one attached hydrogen (secondary N) is 2. The summed E-state index contributed by atoms with van der Waals surface area (Å²) in [6.45, 7) is 6.02. The first-order valence-electron chi connectivity index (χ1n) is 8.09. The Kier molecular flexibility index (Phi) is 6.50. The molecule has 2 aromatic rings. The van der Waals surface area contributed by atoms with Crippen molar-refractivity contribution in [2.45, 2.75) is 31.7 Å². The van der Waals surface area contributed by atoms with Crippen LogP contribution in [0, 0.1) is 0 Å². The Morgan fingerprint density at radius 2 is 1.81 bits per heavy atom. The predicted octanol–water partition coefficient (Wildman–Crippen LogP) is 3.68. The number of anilines is 1. The van der Waals surface area contributed by atoms with E-state index in [1.165, 1.54) is 18.2 Å². The molecular formula is C18H21ClN2O4S. The number of carbonyl (C=O) groups is 1. The van der Waals surface area contributed by atoms with Crippen molar-refractivity contribution in [1.82, 2.24) is 5.32 Å². The second kappa shape index (κ2) is 8.42. The highest BCUT2D eigenvalue weighted by atomic mass is 35.5. The summed E-state index contributed by atoms with van der Waals surface area (Å²) in [6.07, 6.45) is 0. The van der Waals surface area contributed by atoms with Crippen LogP contribution in [0.3, 0.4) is 0 Å². The van der Waals surface area contributed by atoms with Gasteiger partial charge in [0.2, 0.25) is 0 Å². The maximum absolute atomic E-state index is 12.7. The summed E-state index contributed by atoms with van der Waals surface area (Å²) in [6, 6.07) is 10.6. The molecule has 0 unspecified atom stereocenters. The molecule has 0 atom stereocenters. The zero-order valence-corrected chi connectivity index (χ0v) is 16.3. The Bertz CT molecular complexity index is 881. The average molecular weight is 397 g/mol. The Morgan fingerprint density at radius 1 is 1.15 bits per heavy atom. The first-order chi connectivity index (χ1) is 12.2. The highest BCUT2D eigenvalue weighted by molar-refractivity contribution is 7.92. The molecule has 0 radical (unpaired) electrons. The molecule has 0 heterocycles. The summed E-state index contributed by atoms with van der Waals surface area (Å²) in [4.78, 5) is 12.0. The third-order valence-electron chi connectivity index (χ3n) is 3.32. The van der Waals surface area contributed by atoms with E-state index < -0.39 is 10.0 Å². The van der Waals surface area contributed by atoms with Gasteiger partial charge in [-0.1, -0.05) is 11.6 Å². The van der Waals surface area contributed by atoms with Gasteiger partial charge in [0.1, 0.15) is 10.6 Å². The summed E-state index contributed by atoms with van der Waals surface area (Å²) in [7, 11) is -3.96. The van der Waals surface area contributed by atoms with Gasteiger partial charge in [-0.2, -0.15) is 0 Å². The van der Waals surface area contributed by atoms with Crippen molar-refractivity contribution in [3.63, 3.8) is 0 Å². The lowest BCUT2D eigenvalue weighted by atomic mass is 10.2. The van der Waals surface area contributed by atoms with Gasteiger partial charge in [0, 0.05) is 17.3 Å². The molecule has 2 aromatic carbocycles. The molecule has 0 spiro atoms. The molecule has 26 heavy (non-hydrogen) atoms. The molecule has 0 saturated carbocycles. The van der Waals surface area contributed by atoms with E-state index in [1.807, 2.05) is 20.8 Å². The number of ether oxygens (including phenoxy) is 1. The van der Waals surface area contributed by atoms with Crippen molar-refractivity contribution in [3.05, 3.63) is 53.1 Å². The lowest BCUT2D eigenvalue weighted by Gasteiger charge is -2.13. The minimum atomic E-state index is -3.96. The summed E-state index contributed by atoms with van der Waals surface area (Å²) >= 11 is 6.05. The number of benzene rings is 2. The van der Waals surface area contributed by atoms with Gasteiger partial charge in [0.15, 0.2) is 0 Å². The van der Waals surface area contributed by atoms with E-state index in [0.717, 1.165) is 0 Å².